The highest BCUT2D eigenvalue weighted by Gasteiger charge is 2.10. The number of carbonyl (C=O) groups is 1. The molecule has 0 radical (unpaired) electrons. The van der Waals surface area contributed by atoms with Gasteiger partial charge < -0.3 is 5.32 Å². The van der Waals surface area contributed by atoms with Gasteiger partial charge in [0.2, 0.25) is 0 Å². The van der Waals surface area contributed by atoms with Gasteiger partial charge in [-0.05, 0) is 60.9 Å². The Labute approximate surface area is 135 Å². The number of aryl methyl sites for hydroxylation is 2. The smallest absolute Gasteiger partial charge is 0.266 e. The van der Waals surface area contributed by atoms with Crippen LogP contribution in [0.1, 0.15) is 22.3 Å². The van der Waals surface area contributed by atoms with Crippen LogP contribution in [0, 0.1) is 36.5 Å². The van der Waals surface area contributed by atoms with Crippen LogP contribution < -0.4 is 5.32 Å². The summed E-state index contributed by atoms with van der Waals surface area (Å²) in [4.78, 5) is 12.2. The highest BCUT2D eigenvalue weighted by molar-refractivity contribution is 6.09. The van der Waals surface area contributed by atoms with Crippen LogP contribution in [0.15, 0.2) is 48.0 Å². The molecule has 0 aliphatic carbocycles. The molecule has 2 rings (SSSR count). The highest BCUT2D eigenvalue weighted by atomic mass is 16.1. The molecular formula is C19H15N3O. The van der Waals surface area contributed by atoms with Gasteiger partial charge in [-0.1, -0.05) is 18.2 Å². The summed E-state index contributed by atoms with van der Waals surface area (Å²) in [7, 11) is 0. The lowest BCUT2D eigenvalue weighted by Gasteiger charge is -2.07. The Bertz CT molecular complexity index is 850. The molecule has 4 heteroatoms. The van der Waals surface area contributed by atoms with Gasteiger partial charge in [0.15, 0.2) is 0 Å². The summed E-state index contributed by atoms with van der Waals surface area (Å²) in [5.41, 5.74) is 4.08. The van der Waals surface area contributed by atoms with Crippen molar-refractivity contribution in [1.29, 1.82) is 10.5 Å². The van der Waals surface area contributed by atoms with E-state index in [4.69, 9.17) is 5.26 Å². The Balaban J connectivity index is 2.20. The van der Waals surface area contributed by atoms with Crippen molar-refractivity contribution in [2.75, 3.05) is 5.32 Å². The molecule has 1 amide bonds. The van der Waals surface area contributed by atoms with E-state index < -0.39 is 5.91 Å². The van der Waals surface area contributed by atoms with Crippen LogP contribution in [-0.2, 0) is 4.79 Å². The van der Waals surface area contributed by atoms with Crippen molar-refractivity contribution in [3.63, 3.8) is 0 Å². The molecule has 4 nitrogen and oxygen atoms in total. The van der Waals surface area contributed by atoms with Crippen LogP contribution in [0.5, 0.6) is 0 Å². The molecule has 0 aliphatic heterocycles. The molecule has 112 valence electrons. The van der Waals surface area contributed by atoms with Gasteiger partial charge in [0.25, 0.3) is 5.91 Å². The Kier molecular flexibility index (Phi) is 4.92. The summed E-state index contributed by atoms with van der Waals surface area (Å²) in [5, 5.41) is 20.7. The molecule has 0 heterocycles. The van der Waals surface area contributed by atoms with E-state index in [0.29, 0.717) is 16.8 Å². The maximum Gasteiger partial charge on any atom is 0.266 e. The molecule has 0 fully saturated rings. The maximum atomic E-state index is 12.2. The number of hydrogen-bond donors (Lipinski definition) is 1. The second kappa shape index (κ2) is 7.06. The van der Waals surface area contributed by atoms with E-state index in [-0.39, 0.29) is 5.57 Å². The minimum Gasteiger partial charge on any atom is -0.321 e. The fraction of sp³-hybridized carbons (Fsp3) is 0.105. The topological polar surface area (TPSA) is 76.7 Å². The number of benzene rings is 2. The molecule has 0 atom stereocenters. The van der Waals surface area contributed by atoms with Gasteiger partial charge in [-0.3, -0.25) is 4.79 Å². The number of nitrogens with one attached hydrogen (secondary N) is 1. The Morgan fingerprint density at radius 1 is 1.04 bits per heavy atom. The standard InChI is InChI=1S/C19H15N3O/c1-13-3-8-18(9-14(13)2)22-19(23)17(12-21)10-15-4-6-16(11-20)7-5-15/h3-10H,1-2H3,(H,22,23)/b17-10+. The van der Waals surface area contributed by atoms with E-state index in [0.717, 1.165) is 11.1 Å². The lowest BCUT2D eigenvalue weighted by Crippen LogP contribution is -2.13. The van der Waals surface area contributed by atoms with Crippen LogP contribution in [0.3, 0.4) is 0 Å². The molecule has 0 bridgehead atoms. The lowest BCUT2D eigenvalue weighted by atomic mass is 10.1. The molecular weight excluding hydrogens is 286 g/mol. The minimum absolute atomic E-state index is 0.00735. The monoisotopic (exact) mass is 301 g/mol. The Morgan fingerprint density at radius 2 is 1.74 bits per heavy atom. The first-order chi connectivity index (χ1) is 11.0. The molecule has 0 unspecified atom stereocenters. The largest absolute Gasteiger partial charge is 0.321 e. The number of nitrogens with zero attached hydrogens (tertiary/aromatic N) is 2. The number of anilines is 1. The maximum absolute atomic E-state index is 12.2. The van der Waals surface area contributed by atoms with Gasteiger partial charge in [-0.2, -0.15) is 10.5 Å². The van der Waals surface area contributed by atoms with E-state index in [1.165, 1.54) is 6.08 Å². The summed E-state index contributed by atoms with van der Waals surface area (Å²) >= 11 is 0. The third kappa shape index (κ3) is 4.06. The van der Waals surface area contributed by atoms with Gasteiger partial charge in [0, 0.05) is 5.69 Å². The fourth-order valence-corrected chi connectivity index (χ4v) is 1.99. The lowest BCUT2D eigenvalue weighted by molar-refractivity contribution is -0.112. The first-order valence-electron chi connectivity index (χ1n) is 7.04. The molecule has 0 saturated heterocycles. The van der Waals surface area contributed by atoms with Crippen molar-refractivity contribution in [3.8, 4) is 12.1 Å². The molecule has 0 spiro atoms. The third-order valence-electron chi connectivity index (χ3n) is 3.48. The van der Waals surface area contributed by atoms with E-state index in [9.17, 15) is 10.1 Å². The van der Waals surface area contributed by atoms with Crippen LogP contribution in [0.4, 0.5) is 5.69 Å². The second-order valence-corrected chi connectivity index (χ2v) is 5.16. The second-order valence-electron chi connectivity index (χ2n) is 5.16. The quantitative estimate of drug-likeness (QED) is 0.693. The zero-order chi connectivity index (χ0) is 16.8. The summed E-state index contributed by atoms with van der Waals surface area (Å²) in [6.45, 7) is 3.95. The zero-order valence-corrected chi connectivity index (χ0v) is 12.9. The van der Waals surface area contributed by atoms with Gasteiger partial charge in [0.1, 0.15) is 11.6 Å². The van der Waals surface area contributed by atoms with E-state index in [2.05, 4.69) is 5.32 Å². The van der Waals surface area contributed by atoms with Crippen molar-refractivity contribution in [1.82, 2.24) is 0 Å². The molecule has 0 aromatic heterocycles. The number of rotatable bonds is 3. The molecule has 2 aromatic carbocycles. The third-order valence-corrected chi connectivity index (χ3v) is 3.48. The molecule has 23 heavy (non-hydrogen) atoms. The van der Waals surface area contributed by atoms with Crippen molar-refractivity contribution in [3.05, 3.63) is 70.3 Å². The van der Waals surface area contributed by atoms with Crippen LogP contribution >= 0.6 is 0 Å². The first kappa shape index (κ1) is 16.0. The summed E-state index contributed by atoms with van der Waals surface area (Å²) in [6, 6.07) is 16.2. The predicted molar refractivity (Wildman–Crippen MR) is 89.3 cm³/mol. The van der Waals surface area contributed by atoms with Crippen LogP contribution in [-0.4, -0.2) is 5.91 Å². The molecule has 2 aromatic rings. The number of carbonyl (C=O) groups excluding carboxylic acids is 1. The Morgan fingerprint density at radius 3 is 2.30 bits per heavy atom. The molecule has 0 aliphatic rings. The van der Waals surface area contributed by atoms with Crippen molar-refractivity contribution >= 4 is 17.7 Å². The number of nitriles is 2. The first-order valence-corrected chi connectivity index (χ1v) is 7.04. The van der Waals surface area contributed by atoms with Gasteiger partial charge in [-0.25, -0.2) is 0 Å². The van der Waals surface area contributed by atoms with Crippen LogP contribution in [0.25, 0.3) is 6.08 Å². The van der Waals surface area contributed by atoms with Crippen molar-refractivity contribution < 1.29 is 4.79 Å². The minimum atomic E-state index is -0.458. The zero-order valence-electron chi connectivity index (χ0n) is 12.9. The van der Waals surface area contributed by atoms with E-state index in [1.54, 1.807) is 30.3 Å². The summed E-state index contributed by atoms with van der Waals surface area (Å²) < 4.78 is 0. The summed E-state index contributed by atoms with van der Waals surface area (Å²) in [5.74, 6) is -0.458. The van der Waals surface area contributed by atoms with Gasteiger partial charge in [0.05, 0.1) is 11.6 Å². The number of hydrogen-bond acceptors (Lipinski definition) is 3. The molecule has 1 N–H and O–H groups in total. The van der Waals surface area contributed by atoms with Gasteiger partial charge in [-0.15, -0.1) is 0 Å². The Hall–Kier alpha value is -3.37. The van der Waals surface area contributed by atoms with Crippen molar-refractivity contribution in [2.45, 2.75) is 13.8 Å². The van der Waals surface area contributed by atoms with Gasteiger partial charge >= 0.3 is 0 Å². The van der Waals surface area contributed by atoms with E-state index >= 15 is 0 Å². The SMILES string of the molecule is Cc1ccc(NC(=O)/C(C#N)=C/c2ccc(C#N)cc2)cc1C. The predicted octanol–water partition coefficient (Wildman–Crippen LogP) is 3.72. The highest BCUT2D eigenvalue weighted by Crippen LogP contribution is 2.16. The average molecular weight is 301 g/mol. The molecule has 0 saturated carbocycles. The van der Waals surface area contributed by atoms with Crippen LogP contribution in [0.2, 0.25) is 0 Å². The van der Waals surface area contributed by atoms with E-state index in [1.807, 2.05) is 38.1 Å². The fourth-order valence-electron chi connectivity index (χ4n) is 1.99. The summed E-state index contributed by atoms with van der Waals surface area (Å²) in [6.07, 6.45) is 1.50. The van der Waals surface area contributed by atoms with Crippen molar-refractivity contribution in [2.24, 2.45) is 0 Å². The number of amides is 1. The normalized spacial score (nSPS) is 10.5. The average Bonchev–Trinajstić information content (AvgIpc) is 2.56.